The first-order valence-corrected chi connectivity index (χ1v) is 40.6. The molecule has 0 atom stereocenters. The second-order valence-electron chi connectivity index (χ2n) is 34.5. The molecule has 0 bridgehead atoms. The van der Waals surface area contributed by atoms with Crippen molar-refractivity contribution in [3.63, 3.8) is 0 Å². The van der Waals surface area contributed by atoms with Gasteiger partial charge in [-0.15, -0.1) is 0 Å². The maximum Gasteiger partial charge on any atom is 0.213 e. The van der Waals surface area contributed by atoms with Crippen molar-refractivity contribution in [2.75, 3.05) is 0 Å². The molecule has 4 aliphatic rings. The summed E-state index contributed by atoms with van der Waals surface area (Å²) in [6.07, 6.45) is 30.7. The smallest absolute Gasteiger partial charge is 0.201 e. The third-order valence-electron chi connectivity index (χ3n) is 25.6. The number of benzene rings is 9. The summed E-state index contributed by atoms with van der Waals surface area (Å²) in [5.41, 5.74) is 29.6. The number of nitrogens with zero attached hydrogens (tertiary/aromatic N) is 3. The van der Waals surface area contributed by atoms with Gasteiger partial charge in [-0.05, 0) is 280 Å². The van der Waals surface area contributed by atoms with Crippen LogP contribution in [0.3, 0.4) is 0 Å². The standard InChI is InChI=1S/C36H42N.C34H40N.C32H36N/c1-25(2)34-24-37(4)35(32-10-6-5-9-26(32)3)23-33(34)31-14-13-29-21-28(11-12-30(29)22-31)27-15-19-36(20-16-27)17-7-8-18-36;1-23(2)32-22-35(6)33(30-10-8-7-9-24(30)3)21-31(32)29-14-13-27-19-26(11-12-28(27)20-29)25-15-17-34(4,5)18-16-25;1-22(2)31-21-33(4)32(29-13-9-8-10-23(29)3)20-30(31)28-17-16-26-18-25(14-15-27(26)19-28)24-11-6-5-7-12-24/h5-6,9-14,21-25,27H,7-8,15-20H2,1-4H3;7-14,19-23,25H,15-18H2,1-6H3;8-10,13-22,24H,5-7,11-12H2,1-4H3/q3*+1. The maximum absolute atomic E-state index is 2.49. The maximum atomic E-state index is 2.49. The first kappa shape index (κ1) is 73.1. The van der Waals surface area contributed by atoms with E-state index in [2.05, 4.69) is 330 Å². The van der Waals surface area contributed by atoms with E-state index in [1.807, 2.05) is 0 Å². The monoisotopic (exact) mass is 1380 g/mol. The largest absolute Gasteiger partial charge is 0.213 e. The van der Waals surface area contributed by atoms with Gasteiger partial charge in [0.15, 0.2) is 18.6 Å². The van der Waals surface area contributed by atoms with Gasteiger partial charge in [-0.1, -0.05) is 233 Å². The van der Waals surface area contributed by atoms with Crippen LogP contribution in [0.25, 0.3) is 99.5 Å². The lowest BCUT2D eigenvalue weighted by Gasteiger charge is -2.37. The van der Waals surface area contributed by atoms with E-state index in [1.54, 1.807) is 5.56 Å². The van der Waals surface area contributed by atoms with Gasteiger partial charge < -0.3 is 0 Å². The molecule has 4 saturated carbocycles. The summed E-state index contributed by atoms with van der Waals surface area (Å²) >= 11 is 0. The van der Waals surface area contributed by atoms with E-state index in [0.717, 1.165) is 11.8 Å². The number of rotatable bonds is 12. The fraction of sp³-hybridized carbons (Fsp3) is 0.382. The Morgan fingerprint density at radius 1 is 0.295 bits per heavy atom. The van der Waals surface area contributed by atoms with Crippen LogP contribution in [0.4, 0.5) is 0 Å². The summed E-state index contributed by atoms with van der Waals surface area (Å²) in [6.45, 7) is 25.2. The Kier molecular flexibility index (Phi) is 21.8. The van der Waals surface area contributed by atoms with Crippen molar-refractivity contribution >= 4 is 32.3 Å². The van der Waals surface area contributed by atoms with Crippen LogP contribution < -0.4 is 13.7 Å². The zero-order chi connectivity index (χ0) is 73.3. The summed E-state index contributed by atoms with van der Waals surface area (Å²) in [5, 5.41) is 8.14. The minimum Gasteiger partial charge on any atom is -0.201 e. The zero-order valence-corrected chi connectivity index (χ0v) is 66.1. The first-order chi connectivity index (χ1) is 50.6. The van der Waals surface area contributed by atoms with Crippen LogP contribution in [-0.2, 0) is 21.1 Å². The summed E-state index contributed by atoms with van der Waals surface area (Å²) in [6, 6.07) is 76.2. The normalized spacial score (nSPS) is 16.8. The number of aromatic nitrogens is 3. The fourth-order valence-electron chi connectivity index (χ4n) is 18.9. The fourth-order valence-corrected chi connectivity index (χ4v) is 18.9. The third kappa shape index (κ3) is 16.0. The Bertz CT molecular complexity index is 5100. The number of hydrogen-bond donors (Lipinski definition) is 0. The van der Waals surface area contributed by atoms with E-state index in [0.29, 0.717) is 34.5 Å². The molecular weight excluding hydrogens is 1270 g/mol. The molecule has 4 fully saturated rings. The molecule has 0 aliphatic heterocycles. The van der Waals surface area contributed by atoms with Crippen LogP contribution in [-0.4, -0.2) is 0 Å². The highest BCUT2D eigenvalue weighted by Crippen LogP contribution is 2.53. The van der Waals surface area contributed by atoms with Gasteiger partial charge in [-0.3, -0.25) is 0 Å². The second-order valence-corrected chi connectivity index (χ2v) is 34.5. The molecule has 16 rings (SSSR count). The van der Waals surface area contributed by atoms with Crippen LogP contribution in [0.2, 0.25) is 0 Å². The summed E-state index contributed by atoms with van der Waals surface area (Å²) < 4.78 is 6.88. The molecule has 3 heteroatoms. The van der Waals surface area contributed by atoms with E-state index in [9.17, 15) is 0 Å². The highest BCUT2D eigenvalue weighted by Gasteiger charge is 2.38. The topological polar surface area (TPSA) is 11.6 Å². The molecular formula is C102H118N3+3. The van der Waals surface area contributed by atoms with Crippen molar-refractivity contribution in [1.82, 2.24) is 0 Å². The van der Waals surface area contributed by atoms with Gasteiger partial charge in [0.1, 0.15) is 21.1 Å². The van der Waals surface area contributed by atoms with Crippen LogP contribution >= 0.6 is 0 Å². The van der Waals surface area contributed by atoms with Gasteiger partial charge in [0.25, 0.3) is 0 Å². The summed E-state index contributed by atoms with van der Waals surface area (Å²) in [4.78, 5) is 0. The molecule has 538 valence electrons. The van der Waals surface area contributed by atoms with Crippen molar-refractivity contribution < 1.29 is 13.7 Å². The van der Waals surface area contributed by atoms with Crippen molar-refractivity contribution in [3.05, 3.63) is 269 Å². The average Bonchev–Trinajstić information content (AvgIpc) is 1.56. The van der Waals surface area contributed by atoms with E-state index in [-0.39, 0.29) is 0 Å². The van der Waals surface area contributed by atoms with Crippen LogP contribution in [0.5, 0.6) is 0 Å². The molecule has 0 amide bonds. The Labute approximate surface area is 630 Å². The van der Waals surface area contributed by atoms with Gasteiger partial charge >= 0.3 is 0 Å². The molecule has 0 unspecified atom stereocenters. The Morgan fingerprint density at radius 2 is 0.590 bits per heavy atom. The molecule has 105 heavy (non-hydrogen) atoms. The zero-order valence-electron chi connectivity index (χ0n) is 66.1. The lowest BCUT2D eigenvalue weighted by Crippen LogP contribution is -2.32. The van der Waals surface area contributed by atoms with Crippen LogP contribution in [0.1, 0.15) is 250 Å². The number of pyridine rings is 3. The van der Waals surface area contributed by atoms with Crippen molar-refractivity contribution in [1.29, 1.82) is 0 Å². The van der Waals surface area contributed by atoms with Crippen LogP contribution in [0.15, 0.2) is 219 Å². The molecule has 1 spiro atoms. The van der Waals surface area contributed by atoms with Gasteiger partial charge in [-0.25, -0.2) is 13.7 Å². The first-order valence-electron chi connectivity index (χ1n) is 40.6. The lowest BCUT2D eigenvalue weighted by atomic mass is 9.68. The van der Waals surface area contributed by atoms with Crippen molar-refractivity contribution in [3.8, 4) is 67.2 Å². The molecule has 0 N–H and O–H groups in total. The predicted molar refractivity (Wildman–Crippen MR) is 447 cm³/mol. The predicted octanol–water partition coefficient (Wildman–Crippen LogP) is 27.2. The highest BCUT2D eigenvalue weighted by atomic mass is 14.9. The molecule has 0 saturated heterocycles. The summed E-state index contributed by atoms with van der Waals surface area (Å²) in [5.74, 6) is 3.58. The van der Waals surface area contributed by atoms with Crippen molar-refractivity contribution in [2.24, 2.45) is 32.0 Å². The number of hydrogen-bond acceptors (Lipinski definition) is 0. The minimum atomic E-state index is 0.454. The molecule has 3 aromatic heterocycles. The van der Waals surface area contributed by atoms with Crippen LogP contribution in [0, 0.1) is 31.6 Å². The molecule has 3 heterocycles. The van der Waals surface area contributed by atoms with Gasteiger partial charge in [0.05, 0.1) is 0 Å². The minimum absolute atomic E-state index is 0.454. The summed E-state index contributed by atoms with van der Waals surface area (Å²) in [7, 11) is 6.52. The molecule has 0 radical (unpaired) electrons. The molecule has 9 aromatic carbocycles. The van der Waals surface area contributed by atoms with Gasteiger partial charge in [0, 0.05) is 51.6 Å². The van der Waals surface area contributed by atoms with Gasteiger partial charge in [-0.2, -0.15) is 0 Å². The Morgan fingerprint density at radius 3 is 0.914 bits per heavy atom. The second kappa shape index (κ2) is 31.3. The molecule has 4 aliphatic carbocycles. The molecule has 3 nitrogen and oxygen atoms in total. The SMILES string of the molecule is Cc1ccccc1-c1cc(-c2ccc3cc(C4CCC(C)(C)CC4)ccc3c2)c(C(C)C)c[n+]1C.Cc1ccccc1-c1cc(-c2ccc3cc(C4CCC5(CCCC5)CC4)ccc3c2)c(C(C)C)c[n+]1C.Cc1ccccc1-c1cc(-c2ccc3cc(C4CCCCC4)ccc3c2)c(C(C)C)c[n+]1C. The number of aryl methyl sites for hydroxylation is 6. The van der Waals surface area contributed by atoms with E-state index >= 15 is 0 Å². The highest BCUT2D eigenvalue weighted by molar-refractivity contribution is 5.92. The van der Waals surface area contributed by atoms with E-state index in [1.165, 1.54) is 253 Å². The average molecular weight is 1390 g/mol. The van der Waals surface area contributed by atoms with Gasteiger partial charge in [0.2, 0.25) is 17.1 Å². The third-order valence-corrected chi connectivity index (χ3v) is 25.6. The van der Waals surface area contributed by atoms with E-state index < -0.39 is 0 Å². The quantitative estimate of drug-likeness (QED) is 0.108. The molecule has 12 aromatic rings. The number of fused-ring (bicyclic) bond motifs is 3. The van der Waals surface area contributed by atoms with E-state index in [4.69, 9.17) is 0 Å². The Balaban J connectivity index is 0.000000133. The Hall–Kier alpha value is -8.79. The van der Waals surface area contributed by atoms with Crippen molar-refractivity contribution in [2.45, 2.75) is 221 Å². The lowest BCUT2D eigenvalue weighted by molar-refractivity contribution is -0.660.